The molecule has 0 unspecified atom stereocenters. The molecule has 140 valence electrons. The van der Waals surface area contributed by atoms with E-state index in [2.05, 4.69) is 12.1 Å². The van der Waals surface area contributed by atoms with Gasteiger partial charge in [0.2, 0.25) is 5.91 Å². The zero-order chi connectivity index (χ0) is 18.0. The van der Waals surface area contributed by atoms with E-state index in [9.17, 15) is 4.79 Å². The molecular weight excluding hydrogens is 367 g/mol. The summed E-state index contributed by atoms with van der Waals surface area (Å²) in [6.45, 7) is 5.88. The molecule has 1 aliphatic rings. The molecule has 3 nitrogen and oxygen atoms in total. The van der Waals surface area contributed by atoms with Crippen LogP contribution in [0.2, 0.25) is 5.02 Å². The Morgan fingerprint density at radius 3 is 2.35 bits per heavy atom. The van der Waals surface area contributed by atoms with Gasteiger partial charge in [0.1, 0.15) is 0 Å². The highest BCUT2D eigenvalue weighted by Gasteiger charge is 2.41. The van der Waals surface area contributed by atoms with Gasteiger partial charge >= 0.3 is 0 Å². The smallest absolute Gasteiger partial charge is 0.232 e. The van der Waals surface area contributed by atoms with E-state index in [0.29, 0.717) is 24.7 Å². The van der Waals surface area contributed by atoms with Gasteiger partial charge in [-0.2, -0.15) is 0 Å². The van der Waals surface area contributed by atoms with Crippen LogP contribution in [0.3, 0.4) is 0 Å². The Bertz CT molecular complexity index is 749. The van der Waals surface area contributed by atoms with Gasteiger partial charge < -0.3 is 10.6 Å². The number of carbonyl (C=O) groups is 1. The lowest BCUT2D eigenvalue weighted by Gasteiger charge is -2.30. The van der Waals surface area contributed by atoms with E-state index in [0.717, 1.165) is 5.56 Å². The highest BCUT2D eigenvalue weighted by molar-refractivity contribution is 6.31. The van der Waals surface area contributed by atoms with Crippen molar-refractivity contribution >= 4 is 29.9 Å². The largest absolute Gasteiger partial charge is 0.341 e. The van der Waals surface area contributed by atoms with Crippen molar-refractivity contribution < 1.29 is 4.79 Å². The Hall–Kier alpha value is -1.55. The van der Waals surface area contributed by atoms with Gasteiger partial charge in [0.15, 0.2) is 0 Å². The van der Waals surface area contributed by atoms with Crippen molar-refractivity contribution in [3.63, 3.8) is 0 Å². The summed E-state index contributed by atoms with van der Waals surface area (Å²) in [5.41, 5.74) is 7.47. The molecule has 1 heterocycles. The lowest BCUT2D eigenvalue weighted by molar-refractivity contribution is -0.135. The second-order valence-corrected chi connectivity index (χ2v) is 7.74. The summed E-state index contributed by atoms with van der Waals surface area (Å²) >= 11 is 6.35. The summed E-state index contributed by atoms with van der Waals surface area (Å²) in [5, 5.41) is 0.634. The van der Waals surface area contributed by atoms with E-state index in [-0.39, 0.29) is 30.2 Å². The van der Waals surface area contributed by atoms with Gasteiger partial charge in [-0.25, -0.2) is 0 Å². The van der Waals surface area contributed by atoms with Gasteiger partial charge in [0.25, 0.3) is 0 Å². The topological polar surface area (TPSA) is 46.3 Å². The molecule has 0 aromatic heterocycles. The van der Waals surface area contributed by atoms with Crippen LogP contribution in [-0.4, -0.2) is 30.4 Å². The number of benzene rings is 2. The number of nitrogens with two attached hydrogens (primary N) is 1. The maximum atomic E-state index is 13.3. The van der Waals surface area contributed by atoms with Crippen molar-refractivity contribution in [2.24, 2.45) is 11.7 Å². The average Bonchev–Trinajstić information content (AvgIpc) is 3.06. The zero-order valence-corrected chi connectivity index (χ0v) is 16.8. The average molecular weight is 393 g/mol. The van der Waals surface area contributed by atoms with Crippen molar-refractivity contribution in [1.29, 1.82) is 0 Å². The third-order valence-corrected chi connectivity index (χ3v) is 5.67. The summed E-state index contributed by atoms with van der Waals surface area (Å²) in [5.74, 6) is 0.683. The van der Waals surface area contributed by atoms with E-state index in [1.807, 2.05) is 61.2 Å². The van der Waals surface area contributed by atoms with Gasteiger partial charge in [0.05, 0.1) is 5.41 Å². The Kier molecular flexibility index (Phi) is 6.73. The Labute approximate surface area is 166 Å². The molecule has 2 aromatic carbocycles. The molecular formula is C21H26Cl2N2O. The molecule has 2 N–H and O–H groups in total. The lowest BCUT2D eigenvalue weighted by atomic mass is 9.83. The molecule has 0 aliphatic carbocycles. The Morgan fingerprint density at radius 1 is 1.12 bits per heavy atom. The molecule has 3 rings (SSSR count). The van der Waals surface area contributed by atoms with Crippen molar-refractivity contribution in [3.05, 3.63) is 70.7 Å². The van der Waals surface area contributed by atoms with Crippen LogP contribution in [0.15, 0.2) is 54.6 Å². The van der Waals surface area contributed by atoms with Crippen molar-refractivity contribution in [2.45, 2.75) is 25.2 Å². The lowest BCUT2D eigenvalue weighted by Crippen LogP contribution is -2.42. The molecule has 2 atom stereocenters. The van der Waals surface area contributed by atoms with Crippen LogP contribution in [0.1, 0.15) is 30.9 Å². The number of rotatable bonds is 4. The fourth-order valence-corrected chi connectivity index (χ4v) is 4.20. The minimum atomic E-state index is -0.664. The molecule has 2 aromatic rings. The number of hydrogen-bond acceptors (Lipinski definition) is 2. The van der Waals surface area contributed by atoms with E-state index in [1.54, 1.807) is 0 Å². The first-order chi connectivity index (χ1) is 11.9. The highest BCUT2D eigenvalue weighted by Crippen LogP contribution is 2.37. The quantitative estimate of drug-likeness (QED) is 0.845. The maximum absolute atomic E-state index is 13.3. The first kappa shape index (κ1) is 20.8. The summed E-state index contributed by atoms with van der Waals surface area (Å²) in [6.07, 6.45) is 0. The summed E-state index contributed by atoms with van der Waals surface area (Å²) in [7, 11) is 0. The Balaban J connectivity index is 0.00000243. The number of halogens is 2. The Morgan fingerprint density at radius 2 is 1.73 bits per heavy atom. The fourth-order valence-electron chi connectivity index (χ4n) is 3.83. The van der Waals surface area contributed by atoms with E-state index in [4.69, 9.17) is 17.3 Å². The van der Waals surface area contributed by atoms with Gasteiger partial charge in [-0.3, -0.25) is 4.79 Å². The van der Waals surface area contributed by atoms with Crippen LogP contribution in [0.25, 0.3) is 0 Å². The summed E-state index contributed by atoms with van der Waals surface area (Å²) < 4.78 is 0. The van der Waals surface area contributed by atoms with Crippen LogP contribution < -0.4 is 5.73 Å². The predicted molar refractivity (Wildman–Crippen MR) is 110 cm³/mol. The zero-order valence-electron chi connectivity index (χ0n) is 15.2. The van der Waals surface area contributed by atoms with E-state index in [1.165, 1.54) is 5.56 Å². The monoisotopic (exact) mass is 392 g/mol. The van der Waals surface area contributed by atoms with Crippen LogP contribution >= 0.6 is 24.0 Å². The third kappa shape index (κ3) is 3.90. The van der Waals surface area contributed by atoms with Gasteiger partial charge in [-0.15, -0.1) is 12.4 Å². The standard InChI is InChI=1S/C21H25ClN2O.ClH/c1-21(2,18-10-6-7-11-19(18)22)20(25)24-13-16(12-23)17(14-24)15-8-4-3-5-9-15;/h3-11,16-17H,12-14,23H2,1-2H3;1H/t16-,17+;/m1./s1. The maximum Gasteiger partial charge on any atom is 0.232 e. The van der Waals surface area contributed by atoms with Gasteiger partial charge in [-0.1, -0.05) is 60.1 Å². The minimum Gasteiger partial charge on any atom is -0.341 e. The molecule has 0 bridgehead atoms. The normalized spacial score (nSPS) is 19.9. The van der Waals surface area contributed by atoms with Gasteiger partial charge in [0, 0.05) is 24.0 Å². The first-order valence-corrected chi connectivity index (χ1v) is 9.12. The van der Waals surface area contributed by atoms with E-state index < -0.39 is 5.41 Å². The number of likely N-dealkylation sites (tertiary alicyclic amines) is 1. The molecule has 0 saturated carbocycles. The molecule has 1 aliphatic heterocycles. The first-order valence-electron chi connectivity index (χ1n) is 8.74. The molecule has 26 heavy (non-hydrogen) atoms. The number of hydrogen-bond donors (Lipinski definition) is 1. The molecule has 0 radical (unpaired) electrons. The second-order valence-electron chi connectivity index (χ2n) is 7.33. The van der Waals surface area contributed by atoms with Gasteiger partial charge in [-0.05, 0) is 43.5 Å². The second kappa shape index (κ2) is 8.43. The molecule has 0 spiro atoms. The SMILES string of the molecule is CC(C)(C(=O)N1C[C@@H](CN)[C@H](c2ccccc2)C1)c1ccccc1Cl.Cl. The van der Waals surface area contributed by atoms with Crippen molar-refractivity contribution in [3.8, 4) is 0 Å². The minimum absolute atomic E-state index is 0. The predicted octanol–water partition coefficient (Wildman–Crippen LogP) is 4.24. The molecule has 1 amide bonds. The van der Waals surface area contributed by atoms with Crippen LogP contribution in [0.5, 0.6) is 0 Å². The number of amides is 1. The molecule has 1 fully saturated rings. The van der Waals surface area contributed by atoms with Crippen LogP contribution in [-0.2, 0) is 10.2 Å². The summed E-state index contributed by atoms with van der Waals surface area (Å²) in [6, 6.07) is 17.9. The molecule has 5 heteroatoms. The number of nitrogens with zero attached hydrogens (tertiary/aromatic N) is 1. The van der Waals surface area contributed by atoms with Crippen LogP contribution in [0, 0.1) is 5.92 Å². The van der Waals surface area contributed by atoms with Crippen molar-refractivity contribution in [1.82, 2.24) is 4.90 Å². The summed E-state index contributed by atoms with van der Waals surface area (Å²) in [4.78, 5) is 15.2. The van der Waals surface area contributed by atoms with E-state index >= 15 is 0 Å². The fraction of sp³-hybridized carbons (Fsp3) is 0.381. The van der Waals surface area contributed by atoms with Crippen LogP contribution in [0.4, 0.5) is 0 Å². The highest BCUT2D eigenvalue weighted by atomic mass is 35.5. The third-order valence-electron chi connectivity index (χ3n) is 5.34. The number of carbonyl (C=O) groups excluding carboxylic acids is 1. The molecule has 1 saturated heterocycles. The van der Waals surface area contributed by atoms with Crippen molar-refractivity contribution in [2.75, 3.05) is 19.6 Å².